The first-order valence-corrected chi connectivity index (χ1v) is 6.67. The lowest BCUT2D eigenvalue weighted by Crippen LogP contribution is -2.07. The van der Waals surface area contributed by atoms with Gasteiger partial charge in [0.25, 0.3) is 0 Å². The van der Waals surface area contributed by atoms with E-state index in [-0.39, 0.29) is 0 Å². The van der Waals surface area contributed by atoms with Gasteiger partial charge in [-0.25, -0.2) is 4.68 Å². The normalized spacial score (nSPS) is 14.7. The van der Waals surface area contributed by atoms with Crippen LogP contribution in [0.5, 0.6) is 0 Å². The molecule has 1 aliphatic rings. The summed E-state index contributed by atoms with van der Waals surface area (Å²) in [6, 6.07) is 4.23. The van der Waals surface area contributed by atoms with Crippen molar-refractivity contribution in [1.82, 2.24) is 25.2 Å². The largest absolute Gasteiger partial charge is 0.324 e. The second-order valence-electron chi connectivity index (χ2n) is 4.11. The van der Waals surface area contributed by atoms with E-state index in [2.05, 4.69) is 25.9 Å². The van der Waals surface area contributed by atoms with E-state index in [0.717, 1.165) is 22.3 Å². The highest BCUT2D eigenvalue weighted by Gasteiger charge is 2.27. The molecule has 2 aromatic heterocycles. The molecule has 18 heavy (non-hydrogen) atoms. The maximum atomic E-state index is 5.36. The van der Waals surface area contributed by atoms with Gasteiger partial charge in [0.1, 0.15) is 0 Å². The van der Waals surface area contributed by atoms with Crippen LogP contribution in [0.25, 0.3) is 0 Å². The van der Waals surface area contributed by atoms with Crippen molar-refractivity contribution in [2.45, 2.75) is 29.8 Å². The van der Waals surface area contributed by atoms with Crippen LogP contribution in [0.3, 0.4) is 0 Å². The zero-order chi connectivity index (χ0) is 12.4. The molecular formula is C10H13N7S. The molecule has 0 radical (unpaired) electrons. The Balaban J connectivity index is 1.67. The van der Waals surface area contributed by atoms with Crippen molar-refractivity contribution < 1.29 is 0 Å². The van der Waals surface area contributed by atoms with Crippen LogP contribution in [0.15, 0.2) is 23.5 Å². The van der Waals surface area contributed by atoms with Gasteiger partial charge in [0.2, 0.25) is 5.16 Å². The molecule has 2 heterocycles. The van der Waals surface area contributed by atoms with E-state index in [0.29, 0.717) is 6.04 Å². The number of nitrogens with two attached hydrogens (primary N) is 1. The molecule has 0 spiro atoms. The Morgan fingerprint density at radius 2 is 2.39 bits per heavy atom. The van der Waals surface area contributed by atoms with E-state index in [1.165, 1.54) is 12.8 Å². The maximum absolute atomic E-state index is 5.36. The van der Waals surface area contributed by atoms with Gasteiger partial charge >= 0.3 is 0 Å². The standard InChI is InChI=1S/C10H13N7S/c11-13-7-3-4-12-8(5-7)6-18-10-14-15-16-17(10)9-1-2-9/h3-5,9H,1-2,6,11H2,(H,12,13). The van der Waals surface area contributed by atoms with Gasteiger partial charge in [-0.1, -0.05) is 11.8 Å². The molecule has 0 unspecified atom stereocenters. The number of anilines is 1. The minimum atomic E-state index is 0.493. The topological polar surface area (TPSA) is 94.5 Å². The molecule has 0 atom stereocenters. The maximum Gasteiger partial charge on any atom is 0.209 e. The molecule has 1 saturated carbocycles. The molecule has 0 aromatic carbocycles. The van der Waals surface area contributed by atoms with Gasteiger partial charge in [-0.05, 0) is 35.4 Å². The fraction of sp³-hybridized carbons (Fsp3) is 0.400. The van der Waals surface area contributed by atoms with E-state index in [4.69, 9.17) is 5.84 Å². The molecule has 7 nitrogen and oxygen atoms in total. The van der Waals surface area contributed by atoms with Crippen molar-refractivity contribution in [3.8, 4) is 0 Å². The smallest absolute Gasteiger partial charge is 0.209 e. The third kappa shape index (κ3) is 2.44. The van der Waals surface area contributed by atoms with E-state index < -0.39 is 0 Å². The summed E-state index contributed by atoms with van der Waals surface area (Å²) in [5, 5.41) is 12.6. The summed E-state index contributed by atoms with van der Waals surface area (Å²) in [6.07, 6.45) is 4.07. The predicted octanol–water partition coefficient (Wildman–Crippen LogP) is 0.981. The van der Waals surface area contributed by atoms with Crippen LogP contribution in [-0.4, -0.2) is 25.2 Å². The van der Waals surface area contributed by atoms with E-state index in [1.54, 1.807) is 18.0 Å². The highest BCUT2D eigenvalue weighted by atomic mass is 32.2. The number of rotatable bonds is 5. The van der Waals surface area contributed by atoms with Gasteiger partial charge in [0.15, 0.2) is 0 Å². The van der Waals surface area contributed by atoms with Crippen molar-refractivity contribution >= 4 is 17.4 Å². The first-order chi connectivity index (χ1) is 8.86. The Kier molecular flexibility index (Phi) is 3.11. The van der Waals surface area contributed by atoms with Gasteiger partial charge in [0.05, 0.1) is 17.4 Å². The van der Waals surface area contributed by atoms with Crippen molar-refractivity contribution in [2.24, 2.45) is 5.84 Å². The molecule has 0 bridgehead atoms. The molecule has 1 fully saturated rings. The zero-order valence-corrected chi connectivity index (χ0v) is 10.5. The summed E-state index contributed by atoms with van der Waals surface area (Å²) in [7, 11) is 0. The number of nitrogens with one attached hydrogen (secondary N) is 1. The fourth-order valence-corrected chi connectivity index (χ4v) is 2.46. The van der Waals surface area contributed by atoms with Gasteiger partial charge < -0.3 is 5.43 Å². The molecule has 2 aromatic rings. The summed E-state index contributed by atoms with van der Waals surface area (Å²) < 4.78 is 1.90. The number of aromatic nitrogens is 5. The number of thioether (sulfide) groups is 1. The van der Waals surface area contributed by atoms with Crippen molar-refractivity contribution in [2.75, 3.05) is 5.43 Å². The Bertz CT molecular complexity index is 537. The van der Waals surface area contributed by atoms with Crippen molar-refractivity contribution in [3.05, 3.63) is 24.0 Å². The Morgan fingerprint density at radius 1 is 1.50 bits per heavy atom. The van der Waals surface area contributed by atoms with Crippen LogP contribution in [0, 0.1) is 0 Å². The van der Waals surface area contributed by atoms with E-state index in [1.807, 2.05) is 16.8 Å². The van der Waals surface area contributed by atoms with Crippen LogP contribution in [0.4, 0.5) is 5.69 Å². The third-order valence-electron chi connectivity index (χ3n) is 2.69. The lowest BCUT2D eigenvalue weighted by atomic mass is 10.3. The predicted molar refractivity (Wildman–Crippen MR) is 67.7 cm³/mol. The summed E-state index contributed by atoms with van der Waals surface area (Å²) in [5.74, 6) is 6.09. The van der Waals surface area contributed by atoms with Gasteiger partial charge in [-0.2, -0.15) is 0 Å². The Morgan fingerprint density at radius 3 is 3.17 bits per heavy atom. The fourth-order valence-electron chi connectivity index (χ4n) is 1.61. The molecule has 3 rings (SSSR count). The Hall–Kier alpha value is -1.67. The monoisotopic (exact) mass is 263 g/mol. The van der Waals surface area contributed by atoms with Gasteiger partial charge in [0, 0.05) is 11.9 Å². The third-order valence-corrected chi connectivity index (χ3v) is 3.65. The number of pyridine rings is 1. The summed E-state index contributed by atoms with van der Waals surface area (Å²) >= 11 is 1.59. The number of nitrogen functional groups attached to an aromatic ring is 1. The SMILES string of the molecule is NNc1ccnc(CSc2nnnn2C2CC2)c1. The molecule has 1 aliphatic carbocycles. The number of nitrogens with zero attached hydrogens (tertiary/aromatic N) is 5. The molecular weight excluding hydrogens is 250 g/mol. The van der Waals surface area contributed by atoms with E-state index >= 15 is 0 Å². The average molecular weight is 263 g/mol. The first-order valence-electron chi connectivity index (χ1n) is 5.69. The lowest BCUT2D eigenvalue weighted by molar-refractivity contribution is 0.565. The molecule has 8 heteroatoms. The summed E-state index contributed by atoms with van der Waals surface area (Å²) in [6.45, 7) is 0. The van der Waals surface area contributed by atoms with Crippen LogP contribution in [0.1, 0.15) is 24.6 Å². The van der Waals surface area contributed by atoms with Crippen molar-refractivity contribution in [3.63, 3.8) is 0 Å². The van der Waals surface area contributed by atoms with Gasteiger partial charge in [-0.3, -0.25) is 10.8 Å². The first kappa shape index (κ1) is 11.4. The van der Waals surface area contributed by atoms with E-state index in [9.17, 15) is 0 Å². The molecule has 94 valence electrons. The summed E-state index contributed by atoms with van der Waals surface area (Å²) in [5.41, 5.74) is 4.40. The molecule has 3 N–H and O–H groups in total. The number of hydrogen-bond donors (Lipinski definition) is 2. The van der Waals surface area contributed by atoms with Gasteiger partial charge in [-0.15, -0.1) is 5.10 Å². The minimum Gasteiger partial charge on any atom is -0.324 e. The molecule has 0 saturated heterocycles. The molecule has 0 aliphatic heterocycles. The zero-order valence-electron chi connectivity index (χ0n) is 9.65. The van der Waals surface area contributed by atoms with Crippen LogP contribution >= 0.6 is 11.8 Å². The number of hydrazine groups is 1. The Labute approximate surface area is 108 Å². The quantitative estimate of drug-likeness (QED) is 0.471. The minimum absolute atomic E-state index is 0.493. The molecule has 0 amide bonds. The number of tetrazole rings is 1. The lowest BCUT2D eigenvalue weighted by Gasteiger charge is -2.04. The number of hydrogen-bond acceptors (Lipinski definition) is 7. The second-order valence-corrected chi connectivity index (χ2v) is 5.05. The highest BCUT2D eigenvalue weighted by molar-refractivity contribution is 7.98. The van der Waals surface area contributed by atoms with Crippen molar-refractivity contribution in [1.29, 1.82) is 0 Å². The second kappa shape index (κ2) is 4.91. The average Bonchev–Trinajstić information content (AvgIpc) is 3.15. The highest BCUT2D eigenvalue weighted by Crippen LogP contribution is 2.36. The van der Waals surface area contributed by atoms with Crippen LogP contribution in [-0.2, 0) is 5.75 Å². The van der Waals surface area contributed by atoms with Crippen LogP contribution in [0.2, 0.25) is 0 Å². The summed E-state index contributed by atoms with van der Waals surface area (Å²) in [4.78, 5) is 4.28. The van der Waals surface area contributed by atoms with Crippen LogP contribution < -0.4 is 11.3 Å².